The molecule has 0 heterocycles. The summed E-state index contributed by atoms with van der Waals surface area (Å²) >= 11 is 0. The molecule has 0 atom stereocenters. The molecule has 0 N–H and O–H groups in total. The second-order valence-electron chi connectivity index (χ2n) is 2.41. The summed E-state index contributed by atoms with van der Waals surface area (Å²) in [4.78, 5) is 0. The van der Waals surface area contributed by atoms with Crippen molar-refractivity contribution in [3.8, 4) is 17.6 Å². The molecule has 13 heavy (non-hydrogen) atoms. The van der Waals surface area contributed by atoms with Crippen molar-refractivity contribution in [1.82, 2.24) is 0 Å². The molecule has 0 saturated heterocycles. The van der Waals surface area contributed by atoms with Crippen LogP contribution in [0, 0.1) is 11.3 Å². The third kappa shape index (κ3) is 2.12. The summed E-state index contributed by atoms with van der Waals surface area (Å²) in [6.45, 7) is 2.49. The lowest BCUT2D eigenvalue weighted by molar-refractivity contribution is 0.339. The predicted molar refractivity (Wildman–Crippen MR) is 48.9 cm³/mol. The topological polar surface area (TPSA) is 42.2 Å². The van der Waals surface area contributed by atoms with Crippen LogP contribution in [0.4, 0.5) is 0 Å². The van der Waals surface area contributed by atoms with Gasteiger partial charge in [0.2, 0.25) is 0 Å². The van der Waals surface area contributed by atoms with E-state index in [1.807, 2.05) is 13.0 Å². The Balaban J connectivity index is 3.00. The smallest absolute Gasteiger partial charge is 0.136 e. The van der Waals surface area contributed by atoms with Crippen molar-refractivity contribution in [1.29, 1.82) is 5.26 Å². The van der Waals surface area contributed by atoms with Crippen LogP contribution in [0.2, 0.25) is 0 Å². The van der Waals surface area contributed by atoms with E-state index in [0.717, 1.165) is 0 Å². The molecule has 1 rings (SSSR count). The Labute approximate surface area is 77.5 Å². The summed E-state index contributed by atoms with van der Waals surface area (Å²) in [6, 6.07) is 7.22. The van der Waals surface area contributed by atoms with Crippen LogP contribution in [0.5, 0.6) is 11.5 Å². The second kappa shape index (κ2) is 4.36. The summed E-state index contributed by atoms with van der Waals surface area (Å²) in [5.41, 5.74) is 0.494. The van der Waals surface area contributed by atoms with Gasteiger partial charge in [0.25, 0.3) is 0 Å². The zero-order valence-corrected chi connectivity index (χ0v) is 7.70. The SMILES string of the molecule is CCOc1ccc(OC)c(C#N)c1. The van der Waals surface area contributed by atoms with Gasteiger partial charge in [-0.05, 0) is 19.1 Å². The van der Waals surface area contributed by atoms with E-state index in [-0.39, 0.29) is 0 Å². The fourth-order valence-corrected chi connectivity index (χ4v) is 1.03. The van der Waals surface area contributed by atoms with Crippen molar-refractivity contribution in [2.45, 2.75) is 6.92 Å². The van der Waals surface area contributed by atoms with E-state index in [9.17, 15) is 0 Å². The highest BCUT2D eigenvalue weighted by molar-refractivity contribution is 5.47. The minimum absolute atomic E-state index is 0.494. The first kappa shape index (κ1) is 9.40. The molecule has 0 saturated carbocycles. The highest BCUT2D eigenvalue weighted by Gasteiger charge is 2.03. The normalized spacial score (nSPS) is 9.00. The van der Waals surface area contributed by atoms with Gasteiger partial charge in [-0.3, -0.25) is 0 Å². The summed E-state index contributed by atoms with van der Waals surface area (Å²) in [6.07, 6.45) is 0. The van der Waals surface area contributed by atoms with Gasteiger partial charge in [0.15, 0.2) is 0 Å². The molecule has 0 amide bonds. The fourth-order valence-electron chi connectivity index (χ4n) is 1.03. The molecule has 3 nitrogen and oxygen atoms in total. The van der Waals surface area contributed by atoms with Crippen LogP contribution in [0.3, 0.4) is 0 Å². The maximum absolute atomic E-state index is 8.76. The zero-order valence-electron chi connectivity index (χ0n) is 7.70. The van der Waals surface area contributed by atoms with E-state index in [2.05, 4.69) is 0 Å². The standard InChI is InChI=1S/C10H11NO2/c1-3-13-9-4-5-10(12-2)8(6-9)7-11/h4-6H,3H2,1-2H3. The number of methoxy groups -OCH3 is 1. The van der Waals surface area contributed by atoms with E-state index < -0.39 is 0 Å². The molecular formula is C10H11NO2. The number of rotatable bonds is 3. The maximum atomic E-state index is 8.76. The Morgan fingerprint density at radius 3 is 2.77 bits per heavy atom. The molecular weight excluding hydrogens is 166 g/mol. The average Bonchev–Trinajstić information content (AvgIpc) is 2.18. The molecule has 0 aliphatic heterocycles. The van der Waals surface area contributed by atoms with Crippen molar-refractivity contribution in [2.24, 2.45) is 0 Å². The number of hydrogen-bond acceptors (Lipinski definition) is 3. The minimum Gasteiger partial charge on any atom is -0.495 e. The van der Waals surface area contributed by atoms with Crippen LogP contribution >= 0.6 is 0 Å². The number of nitriles is 1. The Hall–Kier alpha value is -1.69. The van der Waals surface area contributed by atoms with Crippen LogP contribution in [0.15, 0.2) is 18.2 Å². The maximum Gasteiger partial charge on any atom is 0.136 e. The van der Waals surface area contributed by atoms with Gasteiger partial charge in [0.1, 0.15) is 17.6 Å². The van der Waals surface area contributed by atoms with Gasteiger partial charge in [-0.15, -0.1) is 0 Å². The third-order valence-electron chi connectivity index (χ3n) is 1.60. The van der Waals surface area contributed by atoms with Gasteiger partial charge in [-0.2, -0.15) is 5.26 Å². The Morgan fingerprint density at radius 1 is 1.46 bits per heavy atom. The van der Waals surface area contributed by atoms with Crippen LogP contribution in [0.1, 0.15) is 12.5 Å². The van der Waals surface area contributed by atoms with E-state index in [0.29, 0.717) is 23.7 Å². The first-order chi connectivity index (χ1) is 6.31. The first-order valence-corrected chi connectivity index (χ1v) is 4.02. The van der Waals surface area contributed by atoms with Crippen LogP contribution < -0.4 is 9.47 Å². The summed E-state index contributed by atoms with van der Waals surface area (Å²) in [7, 11) is 1.54. The molecule has 0 spiro atoms. The highest BCUT2D eigenvalue weighted by atomic mass is 16.5. The van der Waals surface area contributed by atoms with E-state index >= 15 is 0 Å². The lowest BCUT2D eigenvalue weighted by atomic mass is 10.2. The van der Waals surface area contributed by atoms with Gasteiger partial charge in [-0.1, -0.05) is 0 Å². The monoisotopic (exact) mass is 177 g/mol. The number of hydrogen-bond donors (Lipinski definition) is 0. The summed E-state index contributed by atoms with van der Waals surface area (Å²) < 4.78 is 10.2. The molecule has 68 valence electrons. The van der Waals surface area contributed by atoms with E-state index in [1.54, 1.807) is 18.2 Å². The number of benzene rings is 1. The van der Waals surface area contributed by atoms with Gasteiger partial charge < -0.3 is 9.47 Å². The molecule has 0 fully saturated rings. The van der Waals surface area contributed by atoms with Crippen molar-refractivity contribution < 1.29 is 9.47 Å². The quantitative estimate of drug-likeness (QED) is 0.708. The van der Waals surface area contributed by atoms with Gasteiger partial charge in [-0.25, -0.2) is 0 Å². The van der Waals surface area contributed by atoms with Gasteiger partial charge >= 0.3 is 0 Å². The van der Waals surface area contributed by atoms with Crippen molar-refractivity contribution in [3.63, 3.8) is 0 Å². The second-order valence-corrected chi connectivity index (χ2v) is 2.41. The van der Waals surface area contributed by atoms with Gasteiger partial charge in [0, 0.05) is 6.07 Å². The lowest BCUT2D eigenvalue weighted by Gasteiger charge is -2.05. The summed E-state index contributed by atoms with van der Waals surface area (Å²) in [5.74, 6) is 1.27. The fraction of sp³-hybridized carbons (Fsp3) is 0.300. The molecule has 0 unspecified atom stereocenters. The Morgan fingerprint density at radius 2 is 2.23 bits per heavy atom. The molecule has 0 radical (unpaired) electrons. The molecule has 0 aliphatic rings. The largest absolute Gasteiger partial charge is 0.495 e. The molecule has 1 aromatic carbocycles. The zero-order chi connectivity index (χ0) is 9.68. The molecule has 0 bridgehead atoms. The van der Waals surface area contributed by atoms with Crippen LogP contribution in [-0.2, 0) is 0 Å². The van der Waals surface area contributed by atoms with Crippen LogP contribution in [0.25, 0.3) is 0 Å². The summed E-state index contributed by atoms with van der Waals surface area (Å²) in [5, 5.41) is 8.76. The highest BCUT2D eigenvalue weighted by Crippen LogP contribution is 2.22. The van der Waals surface area contributed by atoms with Crippen molar-refractivity contribution >= 4 is 0 Å². The van der Waals surface area contributed by atoms with Crippen LogP contribution in [-0.4, -0.2) is 13.7 Å². The number of ether oxygens (including phenoxy) is 2. The first-order valence-electron chi connectivity index (χ1n) is 4.02. The Bertz CT molecular complexity index is 328. The van der Waals surface area contributed by atoms with Gasteiger partial charge in [0.05, 0.1) is 19.3 Å². The molecule has 3 heteroatoms. The Kier molecular flexibility index (Phi) is 3.15. The molecule has 1 aromatic rings. The van der Waals surface area contributed by atoms with E-state index in [1.165, 1.54) is 7.11 Å². The van der Waals surface area contributed by atoms with E-state index in [4.69, 9.17) is 14.7 Å². The van der Waals surface area contributed by atoms with Crippen molar-refractivity contribution in [2.75, 3.05) is 13.7 Å². The molecule has 0 aliphatic carbocycles. The number of nitrogens with zero attached hydrogens (tertiary/aromatic N) is 1. The molecule has 0 aromatic heterocycles. The lowest BCUT2D eigenvalue weighted by Crippen LogP contribution is -1.93. The third-order valence-corrected chi connectivity index (χ3v) is 1.60. The predicted octanol–water partition coefficient (Wildman–Crippen LogP) is 1.97. The minimum atomic E-state index is 0.494. The van der Waals surface area contributed by atoms with Crippen molar-refractivity contribution in [3.05, 3.63) is 23.8 Å². The average molecular weight is 177 g/mol.